The quantitative estimate of drug-likeness (QED) is 0.521. The Morgan fingerprint density at radius 2 is 2.04 bits per heavy atom. The topological polar surface area (TPSA) is 70.4 Å². The molecule has 1 aliphatic rings. The van der Waals surface area contributed by atoms with Crippen molar-refractivity contribution in [1.29, 1.82) is 0 Å². The SMILES string of the molecule is CC1(OC(=O)n2cnc3ccc(OC(=O)CS)cc32)CCCCC1. The van der Waals surface area contributed by atoms with Gasteiger partial charge in [-0.05, 0) is 44.7 Å². The van der Waals surface area contributed by atoms with E-state index in [2.05, 4.69) is 17.6 Å². The van der Waals surface area contributed by atoms with E-state index in [-0.39, 0.29) is 5.75 Å². The van der Waals surface area contributed by atoms with Crippen LogP contribution in [-0.2, 0) is 9.53 Å². The van der Waals surface area contributed by atoms with Crippen LogP contribution in [0.4, 0.5) is 4.79 Å². The molecule has 3 rings (SSSR count). The van der Waals surface area contributed by atoms with Crippen molar-refractivity contribution < 1.29 is 19.1 Å². The second-order valence-corrected chi connectivity index (χ2v) is 6.59. The molecule has 1 heterocycles. The van der Waals surface area contributed by atoms with Gasteiger partial charge < -0.3 is 9.47 Å². The van der Waals surface area contributed by atoms with Crippen LogP contribution in [0.1, 0.15) is 39.0 Å². The Bertz CT molecular complexity index is 765. The number of benzene rings is 1. The van der Waals surface area contributed by atoms with Gasteiger partial charge in [-0.25, -0.2) is 14.3 Å². The molecule has 1 aromatic heterocycles. The van der Waals surface area contributed by atoms with Crippen LogP contribution >= 0.6 is 12.6 Å². The molecule has 1 fully saturated rings. The Hall–Kier alpha value is -2.02. The van der Waals surface area contributed by atoms with Crippen molar-refractivity contribution in [1.82, 2.24) is 9.55 Å². The number of aromatic nitrogens is 2. The number of esters is 1. The lowest BCUT2D eigenvalue weighted by molar-refractivity contribution is -0.131. The van der Waals surface area contributed by atoms with Gasteiger partial charge in [-0.15, -0.1) is 0 Å². The number of carbonyl (C=O) groups is 2. The van der Waals surface area contributed by atoms with Crippen molar-refractivity contribution in [3.8, 4) is 5.75 Å². The van der Waals surface area contributed by atoms with E-state index >= 15 is 0 Å². The van der Waals surface area contributed by atoms with Crippen LogP contribution in [0.5, 0.6) is 5.75 Å². The number of nitrogens with zero attached hydrogens (tertiary/aromatic N) is 2. The summed E-state index contributed by atoms with van der Waals surface area (Å²) in [6, 6.07) is 4.94. The maximum absolute atomic E-state index is 12.6. The monoisotopic (exact) mass is 348 g/mol. The highest BCUT2D eigenvalue weighted by Gasteiger charge is 2.31. The molecule has 2 aromatic rings. The maximum Gasteiger partial charge on any atom is 0.420 e. The number of ether oxygens (including phenoxy) is 2. The van der Waals surface area contributed by atoms with Crippen LogP contribution in [0.15, 0.2) is 24.5 Å². The van der Waals surface area contributed by atoms with Crippen LogP contribution in [0.25, 0.3) is 11.0 Å². The summed E-state index contributed by atoms with van der Waals surface area (Å²) >= 11 is 3.88. The number of thiol groups is 1. The van der Waals surface area contributed by atoms with E-state index in [1.54, 1.807) is 18.2 Å². The summed E-state index contributed by atoms with van der Waals surface area (Å²) in [6.07, 6.45) is 6.03. The van der Waals surface area contributed by atoms with E-state index < -0.39 is 17.7 Å². The molecule has 0 radical (unpaired) electrons. The maximum atomic E-state index is 12.6. The van der Waals surface area contributed by atoms with Gasteiger partial charge in [0.2, 0.25) is 0 Å². The van der Waals surface area contributed by atoms with Crippen molar-refractivity contribution in [2.45, 2.75) is 44.6 Å². The first-order chi connectivity index (χ1) is 11.5. The van der Waals surface area contributed by atoms with Gasteiger partial charge in [0.1, 0.15) is 17.7 Å². The molecule has 0 aliphatic heterocycles. The lowest BCUT2D eigenvalue weighted by Gasteiger charge is -2.33. The Balaban J connectivity index is 1.84. The predicted octanol–water partition coefficient (Wildman–Crippen LogP) is 3.58. The number of hydrogen-bond donors (Lipinski definition) is 1. The highest BCUT2D eigenvalue weighted by molar-refractivity contribution is 7.81. The fourth-order valence-corrected chi connectivity index (χ4v) is 3.09. The Kier molecular flexibility index (Phi) is 4.80. The van der Waals surface area contributed by atoms with E-state index in [4.69, 9.17) is 9.47 Å². The molecular weight excluding hydrogens is 328 g/mol. The summed E-state index contributed by atoms with van der Waals surface area (Å²) in [5, 5.41) is 0. The largest absolute Gasteiger partial charge is 0.443 e. The highest BCUT2D eigenvalue weighted by Crippen LogP contribution is 2.32. The number of rotatable bonds is 3. The summed E-state index contributed by atoms with van der Waals surface area (Å²) in [6.45, 7) is 1.98. The minimum atomic E-state index is -0.459. The van der Waals surface area contributed by atoms with Crippen molar-refractivity contribution in [3.63, 3.8) is 0 Å². The predicted molar refractivity (Wildman–Crippen MR) is 92.6 cm³/mol. The zero-order valence-electron chi connectivity index (χ0n) is 13.5. The smallest absolute Gasteiger partial charge is 0.420 e. The molecule has 0 spiro atoms. The number of hydrogen-bond acceptors (Lipinski definition) is 6. The van der Waals surface area contributed by atoms with Crippen molar-refractivity contribution >= 4 is 35.7 Å². The second-order valence-electron chi connectivity index (χ2n) is 6.28. The third kappa shape index (κ3) is 3.56. The molecule has 0 amide bonds. The molecule has 0 atom stereocenters. The van der Waals surface area contributed by atoms with Gasteiger partial charge >= 0.3 is 12.1 Å². The Labute approximate surface area is 145 Å². The number of imidazole rings is 1. The van der Waals surface area contributed by atoms with E-state index in [1.165, 1.54) is 17.3 Å². The van der Waals surface area contributed by atoms with E-state index in [0.29, 0.717) is 16.8 Å². The molecule has 128 valence electrons. The van der Waals surface area contributed by atoms with Crippen LogP contribution < -0.4 is 4.74 Å². The zero-order chi connectivity index (χ0) is 17.2. The van der Waals surface area contributed by atoms with Gasteiger partial charge in [0.05, 0.1) is 16.8 Å². The molecule has 0 N–H and O–H groups in total. The van der Waals surface area contributed by atoms with Crippen LogP contribution in [0.3, 0.4) is 0 Å². The van der Waals surface area contributed by atoms with Crippen LogP contribution in [0.2, 0.25) is 0 Å². The third-order valence-electron chi connectivity index (χ3n) is 4.32. The molecule has 0 bridgehead atoms. The molecule has 0 unspecified atom stereocenters. The summed E-state index contributed by atoms with van der Waals surface area (Å²) < 4.78 is 12.2. The summed E-state index contributed by atoms with van der Waals surface area (Å²) in [4.78, 5) is 28.1. The fraction of sp³-hybridized carbons (Fsp3) is 0.471. The van der Waals surface area contributed by atoms with Gasteiger partial charge in [-0.1, -0.05) is 6.42 Å². The molecule has 0 saturated heterocycles. The van der Waals surface area contributed by atoms with Gasteiger partial charge in [0, 0.05) is 6.07 Å². The number of carbonyl (C=O) groups excluding carboxylic acids is 2. The zero-order valence-corrected chi connectivity index (χ0v) is 14.4. The van der Waals surface area contributed by atoms with Crippen molar-refractivity contribution in [2.75, 3.05) is 5.75 Å². The molecular formula is C17H20N2O4S. The third-order valence-corrected chi connectivity index (χ3v) is 4.58. The summed E-state index contributed by atoms with van der Waals surface area (Å²) in [7, 11) is 0. The van der Waals surface area contributed by atoms with Crippen LogP contribution in [0, 0.1) is 0 Å². The van der Waals surface area contributed by atoms with Crippen molar-refractivity contribution in [2.24, 2.45) is 0 Å². The Morgan fingerprint density at radius 3 is 2.75 bits per heavy atom. The standard InChI is InChI=1S/C17H20N2O4S/c1-17(7-3-2-4-8-17)23-16(21)19-11-18-13-6-5-12(9-14(13)19)22-15(20)10-24/h5-6,9,11,24H,2-4,7-8,10H2,1H3. The van der Waals surface area contributed by atoms with Gasteiger partial charge in [0.15, 0.2) is 0 Å². The lowest BCUT2D eigenvalue weighted by atomic mass is 9.86. The first-order valence-electron chi connectivity index (χ1n) is 8.03. The first kappa shape index (κ1) is 16.8. The lowest BCUT2D eigenvalue weighted by Crippen LogP contribution is -2.35. The second kappa shape index (κ2) is 6.84. The summed E-state index contributed by atoms with van der Waals surface area (Å²) in [5.74, 6) is -0.126. The summed E-state index contributed by atoms with van der Waals surface area (Å²) in [5.41, 5.74) is 0.748. The van der Waals surface area contributed by atoms with E-state index in [0.717, 1.165) is 25.7 Å². The van der Waals surface area contributed by atoms with Crippen molar-refractivity contribution in [3.05, 3.63) is 24.5 Å². The molecule has 1 aromatic carbocycles. The van der Waals surface area contributed by atoms with Crippen LogP contribution in [-0.4, -0.2) is 33.0 Å². The first-order valence-corrected chi connectivity index (χ1v) is 8.66. The molecule has 6 nitrogen and oxygen atoms in total. The molecule has 1 saturated carbocycles. The average Bonchev–Trinajstić information content (AvgIpc) is 2.98. The van der Waals surface area contributed by atoms with Gasteiger partial charge in [0.25, 0.3) is 0 Å². The fourth-order valence-electron chi connectivity index (χ4n) is 3.02. The molecule has 24 heavy (non-hydrogen) atoms. The number of fused-ring (bicyclic) bond motifs is 1. The molecule has 1 aliphatic carbocycles. The average molecular weight is 348 g/mol. The highest BCUT2D eigenvalue weighted by atomic mass is 32.1. The van der Waals surface area contributed by atoms with E-state index in [1.807, 2.05) is 6.92 Å². The Morgan fingerprint density at radius 1 is 1.29 bits per heavy atom. The van der Waals surface area contributed by atoms with E-state index in [9.17, 15) is 9.59 Å². The minimum absolute atomic E-state index is 0.0162. The minimum Gasteiger partial charge on any atom is -0.443 e. The van der Waals surface area contributed by atoms with Gasteiger partial charge in [-0.3, -0.25) is 4.79 Å². The normalized spacial score (nSPS) is 16.8. The molecule has 7 heteroatoms. The van der Waals surface area contributed by atoms with Gasteiger partial charge in [-0.2, -0.15) is 12.6 Å².